The van der Waals surface area contributed by atoms with Crippen LogP contribution in [0.5, 0.6) is 0 Å². The van der Waals surface area contributed by atoms with Gasteiger partial charge in [-0.3, -0.25) is 9.52 Å². The van der Waals surface area contributed by atoms with E-state index < -0.39 is 16.0 Å². The molecule has 1 aromatic carbocycles. The first-order chi connectivity index (χ1) is 8.96. The average Bonchev–Trinajstić information content (AvgIpc) is 2.38. The Kier molecular flexibility index (Phi) is 5.33. The van der Waals surface area contributed by atoms with Gasteiger partial charge in [0.1, 0.15) is 0 Å². The van der Waals surface area contributed by atoms with Gasteiger partial charge in [-0.15, -0.1) is 0 Å². The Balaban J connectivity index is 2.63. The van der Waals surface area contributed by atoms with Gasteiger partial charge < -0.3 is 4.74 Å². The number of carbonyl (C=O) groups excluding carboxylic acids is 1. The monoisotopic (exact) mass is 282 g/mol. The van der Waals surface area contributed by atoms with Crippen LogP contribution in [0.3, 0.4) is 0 Å². The molecule has 19 heavy (non-hydrogen) atoms. The van der Waals surface area contributed by atoms with Crippen molar-refractivity contribution < 1.29 is 17.9 Å². The summed E-state index contributed by atoms with van der Waals surface area (Å²) in [4.78, 5) is 10.9. The number of sulfonamides is 1. The second-order valence-corrected chi connectivity index (χ2v) is 5.62. The van der Waals surface area contributed by atoms with Crippen LogP contribution in [0.1, 0.15) is 12.0 Å². The van der Waals surface area contributed by atoms with Crippen LogP contribution in [0.15, 0.2) is 24.3 Å². The van der Waals surface area contributed by atoms with E-state index in [1.54, 1.807) is 24.3 Å². The number of methoxy groups -OCH3 is 1. The van der Waals surface area contributed by atoms with E-state index in [-0.39, 0.29) is 18.6 Å². The normalized spacial score (nSPS) is 10.5. The lowest BCUT2D eigenvalue weighted by Gasteiger charge is -2.07. The van der Waals surface area contributed by atoms with Gasteiger partial charge in [-0.2, -0.15) is 5.26 Å². The zero-order valence-electron chi connectivity index (χ0n) is 10.4. The number of carbonyl (C=O) groups is 1. The molecular formula is C12H14N2O4S. The molecule has 0 saturated heterocycles. The summed E-state index contributed by atoms with van der Waals surface area (Å²) < 4.78 is 30.0. The number of nitrogens with one attached hydrogen (secondary N) is 1. The van der Waals surface area contributed by atoms with Crippen molar-refractivity contribution >= 4 is 21.7 Å². The van der Waals surface area contributed by atoms with Gasteiger partial charge >= 0.3 is 5.97 Å². The van der Waals surface area contributed by atoms with Crippen LogP contribution in [0.4, 0.5) is 5.69 Å². The quantitative estimate of drug-likeness (QED) is 0.787. The number of anilines is 1. The Labute approximate surface area is 112 Å². The first-order valence-corrected chi connectivity index (χ1v) is 7.15. The highest BCUT2D eigenvalue weighted by atomic mass is 32.2. The third-order valence-electron chi connectivity index (χ3n) is 2.31. The molecule has 0 heterocycles. The Morgan fingerprint density at radius 2 is 2.00 bits per heavy atom. The molecule has 0 unspecified atom stereocenters. The second-order valence-electron chi connectivity index (χ2n) is 3.78. The van der Waals surface area contributed by atoms with Gasteiger partial charge in [-0.25, -0.2) is 8.42 Å². The molecule has 0 saturated carbocycles. The van der Waals surface area contributed by atoms with Crippen molar-refractivity contribution in [2.24, 2.45) is 0 Å². The summed E-state index contributed by atoms with van der Waals surface area (Å²) in [5.41, 5.74) is 1.20. The third-order valence-corrected chi connectivity index (χ3v) is 3.60. The van der Waals surface area contributed by atoms with E-state index in [0.717, 1.165) is 5.56 Å². The molecular weight excluding hydrogens is 268 g/mol. The van der Waals surface area contributed by atoms with E-state index in [1.165, 1.54) is 7.11 Å². The van der Waals surface area contributed by atoms with Gasteiger partial charge in [0.05, 0.1) is 31.8 Å². The van der Waals surface area contributed by atoms with Crippen molar-refractivity contribution in [3.05, 3.63) is 29.8 Å². The second kappa shape index (κ2) is 6.75. The van der Waals surface area contributed by atoms with Crippen LogP contribution in [-0.4, -0.2) is 27.2 Å². The molecule has 102 valence electrons. The molecule has 6 nitrogen and oxygen atoms in total. The van der Waals surface area contributed by atoms with Crippen LogP contribution in [-0.2, 0) is 26.0 Å². The van der Waals surface area contributed by atoms with Gasteiger partial charge in [0.2, 0.25) is 10.0 Å². The zero-order valence-corrected chi connectivity index (χ0v) is 11.2. The van der Waals surface area contributed by atoms with Gasteiger partial charge in [0.15, 0.2) is 0 Å². The first-order valence-electron chi connectivity index (χ1n) is 5.50. The molecule has 0 amide bonds. The molecule has 0 bridgehead atoms. The van der Waals surface area contributed by atoms with E-state index in [4.69, 9.17) is 5.26 Å². The maximum Gasteiger partial charge on any atom is 0.306 e. The summed E-state index contributed by atoms with van der Waals surface area (Å²) in [6.07, 6.45) is 0.0771. The number of ether oxygens (including phenoxy) is 1. The minimum absolute atomic E-state index is 0.196. The van der Waals surface area contributed by atoms with Gasteiger partial charge in [-0.05, 0) is 17.7 Å². The van der Waals surface area contributed by atoms with Crippen LogP contribution >= 0.6 is 0 Å². The summed E-state index contributed by atoms with van der Waals surface area (Å²) in [5.74, 6) is -0.908. The summed E-state index contributed by atoms with van der Waals surface area (Å²) in [5, 5.41) is 8.52. The van der Waals surface area contributed by atoms with Crippen LogP contribution in [0.2, 0.25) is 0 Å². The van der Waals surface area contributed by atoms with E-state index in [2.05, 4.69) is 9.46 Å². The highest BCUT2D eigenvalue weighted by Crippen LogP contribution is 2.12. The number of hydrogen-bond acceptors (Lipinski definition) is 5. The topological polar surface area (TPSA) is 96.3 Å². The van der Waals surface area contributed by atoms with Gasteiger partial charge in [0, 0.05) is 5.69 Å². The van der Waals surface area contributed by atoms with Crippen molar-refractivity contribution in [3.8, 4) is 6.07 Å². The molecule has 0 radical (unpaired) electrons. The highest BCUT2D eigenvalue weighted by Gasteiger charge is 2.13. The fourth-order valence-electron chi connectivity index (χ4n) is 1.33. The van der Waals surface area contributed by atoms with Crippen molar-refractivity contribution in [3.63, 3.8) is 0 Å². The van der Waals surface area contributed by atoms with E-state index in [9.17, 15) is 13.2 Å². The average molecular weight is 282 g/mol. The molecule has 1 aromatic rings. The zero-order chi connectivity index (χ0) is 14.3. The molecule has 0 aliphatic rings. The van der Waals surface area contributed by atoms with Gasteiger partial charge in [0.25, 0.3) is 0 Å². The molecule has 0 aliphatic heterocycles. The number of esters is 1. The molecule has 0 spiro atoms. The predicted molar refractivity (Wildman–Crippen MR) is 69.8 cm³/mol. The Hall–Kier alpha value is -2.07. The third kappa shape index (κ3) is 5.40. The summed E-state index contributed by atoms with van der Waals surface area (Å²) in [6.45, 7) is 0. The minimum atomic E-state index is -3.58. The number of hydrogen-bond donors (Lipinski definition) is 1. The largest absolute Gasteiger partial charge is 0.469 e. The van der Waals surface area contributed by atoms with Gasteiger partial charge in [-0.1, -0.05) is 12.1 Å². The number of benzene rings is 1. The fourth-order valence-corrected chi connectivity index (χ4v) is 2.36. The van der Waals surface area contributed by atoms with E-state index >= 15 is 0 Å². The van der Waals surface area contributed by atoms with Crippen molar-refractivity contribution in [1.82, 2.24) is 0 Å². The molecule has 0 fully saturated rings. The van der Waals surface area contributed by atoms with E-state index in [0.29, 0.717) is 5.69 Å². The number of nitriles is 1. The molecule has 0 aromatic heterocycles. The molecule has 1 N–H and O–H groups in total. The van der Waals surface area contributed by atoms with E-state index in [1.807, 2.05) is 6.07 Å². The van der Waals surface area contributed by atoms with Crippen molar-refractivity contribution in [1.29, 1.82) is 5.26 Å². The number of nitrogens with zero attached hydrogens (tertiary/aromatic N) is 1. The maximum absolute atomic E-state index is 11.7. The van der Waals surface area contributed by atoms with Crippen LogP contribution in [0.25, 0.3) is 0 Å². The Morgan fingerprint density at radius 1 is 1.37 bits per heavy atom. The molecule has 0 aliphatic carbocycles. The van der Waals surface area contributed by atoms with Crippen LogP contribution < -0.4 is 4.72 Å². The SMILES string of the molecule is COC(=O)CCS(=O)(=O)Nc1ccc(CC#N)cc1. The summed E-state index contributed by atoms with van der Waals surface area (Å²) in [6, 6.07) is 8.48. The summed E-state index contributed by atoms with van der Waals surface area (Å²) >= 11 is 0. The first kappa shape index (κ1) is 15.0. The van der Waals surface area contributed by atoms with Crippen LogP contribution in [0, 0.1) is 11.3 Å². The predicted octanol–water partition coefficient (Wildman–Crippen LogP) is 1.06. The van der Waals surface area contributed by atoms with Crippen molar-refractivity contribution in [2.45, 2.75) is 12.8 Å². The maximum atomic E-state index is 11.7. The molecule has 0 atom stereocenters. The smallest absolute Gasteiger partial charge is 0.306 e. The Bertz CT molecular complexity index is 573. The number of rotatable bonds is 6. The fraction of sp³-hybridized carbons (Fsp3) is 0.333. The lowest BCUT2D eigenvalue weighted by atomic mass is 10.1. The lowest BCUT2D eigenvalue weighted by Crippen LogP contribution is -2.19. The summed E-state index contributed by atoms with van der Waals surface area (Å²) in [7, 11) is -2.38. The lowest BCUT2D eigenvalue weighted by molar-refractivity contribution is -0.140. The Morgan fingerprint density at radius 3 is 2.53 bits per heavy atom. The van der Waals surface area contributed by atoms with Crippen molar-refractivity contribution in [2.75, 3.05) is 17.6 Å². The molecule has 7 heteroatoms. The standard InChI is InChI=1S/C12H14N2O4S/c1-18-12(15)7-9-19(16,17)14-11-4-2-10(3-5-11)6-8-13/h2-5,14H,6-7,9H2,1H3. The highest BCUT2D eigenvalue weighted by molar-refractivity contribution is 7.92. The molecule has 1 rings (SSSR count). The minimum Gasteiger partial charge on any atom is -0.469 e.